The summed E-state index contributed by atoms with van der Waals surface area (Å²) in [6.45, 7) is 7.92. The normalized spacial score (nSPS) is 25.5. The first-order valence-corrected chi connectivity index (χ1v) is 8.63. The van der Waals surface area contributed by atoms with Gasteiger partial charge in [-0.3, -0.25) is 9.69 Å². The van der Waals surface area contributed by atoms with E-state index in [4.69, 9.17) is 0 Å². The summed E-state index contributed by atoms with van der Waals surface area (Å²) in [5, 5.41) is 3.43. The molecule has 0 aromatic rings. The fraction of sp³-hybridized carbons (Fsp3) is 0.938. The lowest BCUT2D eigenvalue weighted by Gasteiger charge is -2.35. The van der Waals surface area contributed by atoms with E-state index < -0.39 is 0 Å². The van der Waals surface area contributed by atoms with Crippen molar-refractivity contribution in [3.63, 3.8) is 0 Å². The van der Waals surface area contributed by atoms with Crippen LogP contribution >= 0.6 is 0 Å². The molecule has 2 aliphatic heterocycles. The molecule has 3 fully saturated rings. The first-order chi connectivity index (χ1) is 10.2. The number of hydrogen-bond acceptors (Lipinski definition) is 4. The van der Waals surface area contributed by atoms with E-state index in [1.165, 1.54) is 25.7 Å². The van der Waals surface area contributed by atoms with Gasteiger partial charge in [-0.1, -0.05) is 0 Å². The Kier molecular flexibility index (Phi) is 5.14. The van der Waals surface area contributed by atoms with Gasteiger partial charge in [-0.2, -0.15) is 0 Å². The minimum Gasteiger partial charge on any atom is -0.339 e. The topological polar surface area (TPSA) is 38.8 Å². The van der Waals surface area contributed by atoms with Crippen molar-refractivity contribution in [3.8, 4) is 0 Å². The summed E-state index contributed by atoms with van der Waals surface area (Å²) < 4.78 is 0. The fourth-order valence-electron chi connectivity index (χ4n) is 3.51. The van der Waals surface area contributed by atoms with Gasteiger partial charge in [-0.25, -0.2) is 0 Å². The van der Waals surface area contributed by atoms with E-state index in [0.29, 0.717) is 18.5 Å². The number of rotatable bonds is 5. The Morgan fingerprint density at radius 2 is 1.76 bits per heavy atom. The van der Waals surface area contributed by atoms with Crippen LogP contribution in [0.5, 0.6) is 0 Å². The third kappa shape index (κ3) is 4.41. The predicted octanol–water partition coefficient (Wildman–Crippen LogP) is 0.224. The molecule has 2 heterocycles. The van der Waals surface area contributed by atoms with E-state index >= 15 is 0 Å². The molecule has 2 saturated heterocycles. The average Bonchev–Trinajstić information content (AvgIpc) is 3.33. The van der Waals surface area contributed by atoms with Gasteiger partial charge in [0.1, 0.15) is 0 Å². The number of piperidine rings is 1. The molecule has 1 N–H and O–H groups in total. The molecule has 120 valence electrons. The molecule has 0 radical (unpaired) electrons. The van der Waals surface area contributed by atoms with E-state index in [-0.39, 0.29) is 0 Å². The van der Waals surface area contributed by atoms with E-state index in [1.54, 1.807) is 0 Å². The van der Waals surface area contributed by atoms with Crippen LogP contribution in [-0.4, -0.2) is 86.1 Å². The van der Waals surface area contributed by atoms with Crippen molar-refractivity contribution < 1.29 is 4.79 Å². The first kappa shape index (κ1) is 15.3. The fourth-order valence-corrected chi connectivity index (χ4v) is 3.51. The molecule has 0 bridgehead atoms. The molecule has 0 unspecified atom stereocenters. The molecule has 0 atom stereocenters. The van der Waals surface area contributed by atoms with E-state index in [1.807, 2.05) is 0 Å². The Bertz CT molecular complexity index is 344. The molecule has 3 aliphatic rings. The minimum absolute atomic E-state index is 0.351. The zero-order chi connectivity index (χ0) is 14.7. The maximum absolute atomic E-state index is 12.5. The number of carbonyl (C=O) groups excluding carboxylic acids is 1. The zero-order valence-electron chi connectivity index (χ0n) is 13.4. The molecule has 1 aliphatic carbocycles. The Morgan fingerprint density at radius 1 is 1.10 bits per heavy atom. The molecule has 21 heavy (non-hydrogen) atoms. The summed E-state index contributed by atoms with van der Waals surface area (Å²) >= 11 is 0. The van der Waals surface area contributed by atoms with Gasteiger partial charge in [0.25, 0.3) is 0 Å². The van der Waals surface area contributed by atoms with E-state index in [0.717, 1.165) is 51.7 Å². The van der Waals surface area contributed by atoms with Gasteiger partial charge >= 0.3 is 0 Å². The van der Waals surface area contributed by atoms with Crippen molar-refractivity contribution in [1.82, 2.24) is 20.0 Å². The average molecular weight is 294 g/mol. The Morgan fingerprint density at radius 3 is 2.38 bits per heavy atom. The number of carbonyl (C=O) groups is 1. The summed E-state index contributed by atoms with van der Waals surface area (Å²) in [5.74, 6) is 1.14. The summed E-state index contributed by atoms with van der Waals surface area (Å²) in [7, 11) is 2.13. The van der Waals surface area contributed by atoms with Crippen LogP contribution in [0.25, 0.3) is 0 Å². The first-order valence-electron chi connectivity index (χ1n) is 8.63. The Balaban J connectivity index is 1.48. The predicted molar refractivity (Wildman–Crippen MR) is 84.3 cm³/mol. The standard InChI is InChI=1S/C16H30N4O/c1-18-8-10-19(11-9-18)16(21)13-20(15-2-3-15)12-14-4-6-17-7-5-14/h14-15,17H,2-13H2,1H3. The Hall–Kier alpha value is -0.650. The molecule has 1 saturated carbocycles. The van der Waals surface area contributed by atoms with Crippen molar-refractivity contribution in [2.75, 3.05) is 59.4 Å². The molecular weight excluding hydrogens is 264 g/mol. The van der Waals surface area contributed by atoms with Crippen molar-refractivity contribution >= 4 is 5.91 Å². The highest BCUT2D eigenvalue weighted by Gasteiger charge is 2.33. The number of nitrogens with zero attached hydrogens (tertiary/aromatic N) is 3. The molecular formula is C16H30N4O. The number of piperazine rings is 1. The van der Waals surface area contributed by atoms with Crippen molar-refractivity contribution in [1.29, 1.82) is 0 Å². The van der Waals surface area contributed by atoms with Gasteiger partial charge < -0.3 is 15.1 Å². The second-order valence-electron chi connectivity index (χ2n) is 7.04. The third-order valence-electron chi connectivity index (χ3n) is 5.21. The lowest BCUT2D eigenvalue weighted by Crippen LogP contribution is -2.51. The van der Waals surface area contributed by atoms with Gasteiger partial charge in [0.05, 0.1) is 6.54 Å². The van der Waals surface area contributed by atoms with Crippen LogP contribution in [0.4, 0.5) is 0 Å². The summed E-state index contributed by atoms with van der Waals surface area (Å²) in [4.78, 5) is 19.4. The minimum atomic E-state index is 0.351. The molecule has 3 rings (SSSR count). The Labute approximate surface area is 128 Å². The smallest absolute Gasteiger partial charge is 0.236 e. The quantitative estimate of drug-likeness (QED) is 0.787. The molecule has 0 aromatic heterocycles. The van der Waals surface area contributed by atoms with Gasteiger partial charge in [-0.15, -0.1) is 0 Å². The lowest BCUT2D eigenvalue weighted by atomic mass is 9.97. The summed E-state index contributed by atoms with van der Waals surface area (Å²) in [6.07, 6.45) is 5.12. The van der Waals surface area contributed by atoms with Crippen LogP contribution in [-0.2, 0) is 4.79 Å². The van der Waals surface area contributed by atoms with Crippen molar-refractivity contribution in [3.05, 3.63) is 0 Å². The second kappa shape index (κ2) is 7.07. The van der Waals surface area contributed by atoms with Gasteiger partial charge in [0, 0.05) is 38.8 Å². The van der Waals surface area contributed by atoms with E-state index in [2.05, 4.69) is 27.1 Å². The van der Waals surface area contributed by atoms with E-state index in [9.17, 15) is 4.79 Å². The van der Waals surface area contributed by atoms with Crippen LogP contribution in [0, 0.1) is 5.92 Å². The highest BCUT2D eigenvalue weighted by Crippen LogP contribution is 2.28. The number of nitrogens with one attached hydrogen (secondary N) is 1. The van der Waals surface area contributed by atoms with Crippen molar-refractivity contribution in [2.24, 2.45) is 5.92 Å². The maximum atomic E-state index is 12.5. The third-order valence-corrected chi connectivity index (χ3v) is 5.21. The molecule has 0 aromatic carbocycles. The maximum Gasteiger partial charge on any atom is 0.236 e. The van der Waals surface area contributed by atoms with Crippen LogP contribution in [0.2, 0.25) is 0 Å². The SMILES string of the molecule is CN1CCN(C(=O)CN(CC2CCNCC2)C2CC2)CC1. The van der Waals surface area contributed by atoms with Crippen LogP contribution in [0.15, 0.2) is 0 Å². The molecule has 5 nitrogen and oxygen atoms in total. The van der Waals surface area contributed by atoms with Gasteiger partial charge in [0.15, 0.2) is 0 Å². The van der Waals surface area contributed by atoms with Crippen molar-refractivity contribution in [2.45, 2.75) is 31.7 Å². The summed E-state index contributed by atoms with van der Waals surface area (Å²) in [5.41, 5.74) is 0. The molecule has 1 amide bonds. The summed E-state index contributed by atoms with van der Waals surface area (Å²) in [6, 6.07) is 0.691. The zero-order valence-corrected chi connectivity index (χ0v) is 13.4. The number of amides is 1. The highest BCUT2D eigenvalue weighted by atomic mass is 16.2. The molecule has 0 spiro atoms. The second-order valence-corrected chi connectivity index (χ2v) is 7.04. The van der Waals surface area contributed by atoms with Crippen LogP contribution < -0.4 is 5.32 Å². The van der Waals surface area contributed by atoms with Gasteiger partial charge in [0.2, 0.25) is 5.91 Å². The number of likely N-dealkylation sites (N-methyl/N-ethyl adjacent to an activating group) is 1. The largest absolute Gasteiger partial charge is 0.339 e. The monoisotopic (exact) mass is 294 g/mol. The number of hydrogen-bond donors (Lipinski definition) is 1. The van der Waals surface area contributed by atoms with Crippen LogP contribution in [0.1, 0.15) is 25.7 Å². The lowest BCUT2D eigenvalue weighted by molar-refractivity contribution is -0.134. The van der Waals surface area contributed by atoms with Gasteiger partial charge in [-0.05, 0) is 51.7 Å². The molecule has 5 heteroatoms. The highest BCUT2D eigenvalue weighted by molar-refractivity contribution is 5.78. The van der Waals surface area contributed by atoms with Crippen LogP contribution in [0.3, 0.4) is 0 Å².